The van der Waals surface area contributed by atoms with Crippen LogP contribution in [-0.4, -0.2) is 18.5 Å². The Balaban J connectivity index is 2.30. The smallest absolute Gasteiger partial charge is 0.311 e. The number of esters is 2. The molecule has 0 spiro atoms. The van der Waals surface area contributed by atoms with E-state index in [0.717, 1.165) is 6.42 Å². The van der Waals surface area contributed by atoms with Crippen LogP contribution < -0.4 is 4.74 Å². The van der Waals surface area contributed by atoms with Crippen LogP contribution in [0.3, 0.4) is 0 Å². The first kappa shape index (κ1) is 16.7. The molecule has 0 heterocycles. The van der Waals surface area contributed by atoms with Crippen LogP contribution in [0.25, 0.3) is 0 Å². The second-order valence-corrected chi connectivity index (χ2v) is 4.81. The molecule has 0 saturated carbocycles. The van der Waals surface area contributed by atoms with Crippen molar-refractivity contribution in [3.05, 3.63) is 29.8 Å². The Morgan fingerprint density at radius 2 is 1.81 bits per heavy atom. The van der Waals surface area contributed by atoms with Gasteiger partial charge < -0.3 is 9.47 Å². The van der Waals surface area contributed by atoms with E-state index >= 15 is 0 Å². The van der Waals surface area contributed by atoms with Crippen molar-refractivity contribution in [1.29, 1.82) is 5.26 Å². The summed E-state index contributed by atoms with van der Waals surface area (Å²) < 4.78 is 10.1. The van der Waals surface area contributed by atoms with Crippen LogP contribution in [-0.2, 0) is 14.3 Å². The van der Waals surface area contributed by atoms with Gasteiger partial charge in [-0.15, -0.1) is 0 Å². The van der Waals surface area contributed by atoms with Gasteiger partial charge in [0.1, 0.15) is 5.75 Å². The third-order valence-electron chi connectivity index (χ3n) is 2.97. The number of rotatable bonds is 7. The van der Waals surface area contributed by atoms with Gasteiger partial charge in [0.15, 0.2) is 0 Å². The molecule has 1 rings (SSSR count). The molecule has 0 aliphatic rings. The summed E-state index contributed by atoms with van der Waals surface area (Å²) >= 11 is 0. The van der Waals surface area contributed by atoms with Crippen molar-refractivity contribution in [3.63, 3.8) is 0 Å². The topological polar surface area (TPSA) is 76.4 Å². The SMILES string of the molecule is CCC(C)COC(=O)CCC(=O)Oc1ccc(C#N)cc1. The lowest BCUT2D eigenvalue weighted by Gasteiger charge is -2.09. The molecule has 1 aromatic rings. The molecule has 0 aromatic heterocycles. The molecule has 0 aliphatic heterocycles. The van der Waals surface area contributed by atoms with Crippen molar-refractivity contribution in [2.75, 3.05) is 6.61 Å². The summed E-state index contributed by atoms with van der Waals surface area (Å²) in [7, 11) is 0. The van der Waals surface area contributed by atoms with Crippen molar-refractivity contribution < 1.29 is 19.1 Å². The highest BCUT2D eigenvalue weighted by atomic mass is 16.5. The summed E-state index contributed by atoms with van der Waals surface area (Å²) in [6.07, 6.45) is 0.916. The minimum absolute atomic E-state index is 0.00550. The average molecular weight is 289 g/mol. The fraction of sp³-hybridized carbons (Fsp3) is 0.438. The Bertz CT molecular complexity index is 516. The van der Waals surface area contributed by atoms with E-state index in [1.54, 1.807) is 12.1 Å². The number of carbonyl (C=O) groups is 2. The maximum atomic E-state index is 11.6. The van der Waals surface area contributed by atoms with Crippen LogP contribution in [0.15, 0.2) is 24.3 Å². The first-order chi connectivity index (χ1) is 10.0. The minimum Gasteiger partial charge on any atom is -0.465 e. The van der Waals surface area contributed by atoms with Crippen LogP contribution in [0, 0.1) is 17.2 Å². The Hall–Kier alpha value is -2.35. The zero-order valence-electron chi connectivity index (χ0n) is 12.3. The van der Waals surface area contributed by atoms with Gasteiger partial charge >= 0.3 is 11.9 Å². The van der Waals surface area contributed by atoms with Gasteiger partial charge in [-0.2, -0.15) is 5.26 Å². The zero-order valence-corrected chi connectivity index (χ0v) is 12.3. The molecule has 0 bridgehead atoms. The van der Waals surface area contributed by atoms with Gasteiger partial charge in [0, 0.05) is 0 Å². The van der Waals surface area contributed by atoms with Crippen molar-refractivity contribution in [2.45, 2.75) is 33.1 Å². The van der Waals surface area contributed by atoms with E-state index in [1.165, 1.54) is 12.1 Å². The molecular weight excluding hydrogens is 270 g/mol. The standard InChI is InChI=1S/C16H19NO4/c1-3-12(2)11-20-15(18)8-9-16(19)21-14-6-4-13(10-17)5-7-14/h4-7,12H,3,8-9,11H2,1-2H3. The fourth-order valence-electron chi connectivity index (χ4n) is 1.41. The summed E-state index contributed by atoms with van der Waals surface area (Å²) in [6, 6.07) is 8.17. The summed E-state index contributed by atoms with van der Waals surface area (Å²) in [5.41, 5.74) is 0.489. The Labute approximate surface area is 124 Å². The van der Waals surface area contributed by atoms with Crippen molar-refractivity contribution in [1.82, 2.24) is 0 Å². The molecule has 0 saturated heterocycles. The summed E-state index contributed by atoms with van der Waals surface area (Å²) in [4.78, 5) is 23.0. The molecule has 0 radical (unpaired) electrons. The molecule has 0 fully saturated rings. The van der Waals surface area contributed by atoms with Gasteiger partial charge in [-0.25, -0.2) is 0 Å². The van der Waals surface area contributed by atoms with E-state index in [-0.39, 0.29) is 12.8 Å². The van der Waals surface area contributed by atoms with Gasteiger partial charge in [0.25, 0.3) is 0 Å². The largest absolute Gasteiger partial charge is 0.465 e. The predicted octanol–water partition coefficient (Wildman–Crippen LogP) is 2.83. The number of nitriles is 1. The molecule has 5 nitrogen and oxygen atoms in total. The number of carbonyl (C=O) groups excluding carboxylic acids is 2. The molecular formula is C16H19NO4. The highest BCUT2D eigenvalue weighted by Crippen LogP contribution is 2.12. The van der Waals surface area contributed by atoms with Crippen molar-refractivity contribution >= 4 is 11.9 Å². The Morgan fingerprint density at radius 1 is 1.19 bits per heavy atom. The van der Waals surface area contributed by atoms with Crippen LogP contribution in [0.4, 0.5) is 0 Å². The number of benzene rings is 1. The number of nitrogens with zero attached hydrogens (tertiary/aromatic N) is 1. The van der Waals surface area contributed by atoms with E-state index in [9.17, 15) is 9.59 Å². The lowest BCUT2D eigenvalue weighted by atomic mass is 10.1. The minimum atomic E-state index is -0.500. The maximum Gasteiger partial charge on any atom is 0.311 e. The average Bonchev–Trinajstić information content (AvgIpc) is 2.51. The van der Waals surface area contributed by atoms with Crippen LogP contribution >= 0.6 is 0 Å². The van der Waals surface area contributed by atoms with E-state index in [1.807, 2.05) is 19.9 Å². The van der Waals surface area contributed by atoms with Crippen LogP contribution in [0.5, 0.6) is 5.75 Å². The molecule has 0 amide bonds. The zero-order chi connectivity index (χ0) is 15.7. The molecule has 1 unspecified atom stereocenters. The summed E-state index contributed by atoms with van der Waals surface area (Å²) in [6.45, 7) is 4.39. The van der Waals surface area contributed by atoms with E-state index in [0.29, 0.717) is 23.8 Å². The normalized spacial score (nSPS) is 11.3. The first-order valence-corrected chi connectivity index (χ1v) is 6.91. The first-order valence-electron chi connectivity index (χ1n) is 6.91. The molecule has 1 atom stereocenters. The van der Waals surface area contributed by atoms with Gasteiger partial charge in [0.2, 0.25) is 0 Å². The van der Waals surface area contributed by atoms with E-state index in [2.05, 4.69) is 0 Å². The third kappa shape index (κ3) is 6.57. The highest BCUT2D eigenvalue weighted by Gasteiger charge is 2.11. The molecule has 5 heteroatoms. The van der Waals surface area contributed by atoms with Gasteiger partial charge in [-0.05, 0) is 30.2 Å². The van der Waals surface area contributed by atoms with E-state index in [4.69, 9.17) is 14.7 Å². The van der Waals surface area contributed by atoms with Crippen molar-refractivity contribution in [3.8, 4) is 11.8 Å². The Kier molecular flexibility index (Phi) is 6.96. The monoisotopic (exact) mass is 289 g/mol. The predicted molar refractivity (Wildman–Crippen MR) is 76.4 cm³/mol. The number of hydrogen-bond acceptors (Lipinski definition) is 5. The van der Waals surface area contributed by atoms with E-state index < -0.39 is 11.9 Å². The van der Waals surface area contributed by atoms with Crippen molar-refractivity contribution in [2.24, 2.45) is 5.92 Å². The number of ether oxygens (including phenoxy) is 2. The lowest BCUT2D eigenvalue weighted by Crippen LogP contribution is -2.15. The van der Waals surface area contributed by atoms with Crippen LogP contribution in [0.2, 0.25) is 0 Å². The number of hydrogen-bond donors (Lipinski definition) is 0. The molecule has 21 heavy (non-hydrogen) atoms. The lowest BCUT2D eigenvalue weighted by molar-refractivity contribution is -0.147. The fourth-order valence-corrected chi connectivity index (χ4v) is 1.41. The Morgan fingerprint density at radius 3 is 2.38 bits per heavy atom. The third-order valence-corrected chi connectivity index (χ3v) is 2.97. The quantitative estimate of drug-likeness (QED) is 0.570. The molecule has 1 aromatic carbocycles. The second-order valence-electron chi connectivity index (χ2n) is 4.81. The maximum absolute atomic E-state index is 11.6. The molecule has 0 aliphatic carbocycles. The highest BCUT2D eigenvalue weighted by molar-refractivity contribution is 5.79. The van der Waals surface area contributed by atoms with Gasteiger partial charge in [-0.3, -0.25) is 9.59 Å². The summed E-state index contributed by atoms with van der Waals surface area (Å²) in [5, 5.41) is 8.65. The summed E-state index contributed by atoms with van der Waals surface area (Å²) in [5.74, 6) is -0.223. The second kappa shape index (κ2) is 8.75. The van der Waals surface area contributed by atoms with Gasteiger partial charge in [0.05, 0.1) is 31.1 Å². The molecule has 0 N–H and O–H groups in total. The van der Waals surface area contributed by atoms with Gasteiger partial charge in [-0.1, -0.05) is 20.3 Å². The molecule has 112 valence electrons. The van der Waals surface area contributed by atoms with Crippen LogP contribution in [0.1, 0.15) is 38.7 Å².